The number of aromatic amines is 2. The topological polar surface area (TPSA) is 73.1 Å². The highest BCUT2D eigenvalue weighted by Crippen LogP contribution is 2.31. The van der Waals surface area contributed by atoms with Crippen molar-refractivity contribution in [2.45, 2.75) is 6.54 Å². The molecule has 0 spiro atoms. The summed E-state index contributed by atoms with van der Waals surface area (Å²) in [5.74, 6) is 2.32. The van der Waals surface area contributed by atoms with E-state index in [1.54, 1.807) is 0 Å². The first kappa shape index (κ1) is 20.0. The van der Waals surface area contributed by atoms with Crippen LogP contribution in [0.2, 0.25) is 0 Å². The Kier molecular flexibility index (Phi) is 5.05. The molecular formula is C26H26N6O. The molecule has 1 saturated heterocycles. The van der Waals surface area contributed by atoms with Crippen LogP contribution in [0.3, 0.4) is 0 Å². The maximum Gasteiger partial charge on any atom is 0.159 e. The number of nitrogens with zero attached hydrogens (tertiary/aromatic N) is 4. The summed E-state index contributed by atoms with van der Waals surface area (Å²) in [6.07, 6.45) is 0. The van der Waals surface area contributed by atoms with E-state index in [0.717, 1.165) is 77.7 Å². The van der Waals surface area contributed by atoms with Gasteiger partial charge < -0.3 is 14.6 Å². The Morgan fingerprint density at radius 3 is 2.55 bits per heavy atom. The molecule has 33 heavy (non-hydrogen) atoms. The van der Waals surface area contributed by atoms with Gasteiger partial charge in [-0.3, -0.25) is 10.00 Å². The third-order valence-electron chi connectivity index (χ3n) is 6.29. The van der Waals surface area contributed by atoms with Crippen LogP contribution in [0.5, 0.6) is 11.5 Å². The normalized spacial score (nSPS) is 15.4. The number of imidazole rings is 1. The van der Waals surface area contributed by atoms with Crippen molar-refractivity contribution in [1.82, 2.24) is 30.0 Å². The lowest BCUT2D eigenvalue weighted by Crippen LogP contribution is -2.43. The Balaban J connectivity index is 1.28. The Morgan fingerprint density at radius 2 is 1.70 bits per heavy atom. The average Bonchev–Trinajstić information content (AvgIpc) is 3.44. The number of rotatable bonds is 5. The predicted molar refractivity (Wildman–Crippen MR) is 130 cm³/mol. The number of nitrogens with one attached hydrogen (secondary N) is 2. The molecule has 1 aliphatic heterocycles. The van der Waals surface area contributed by atoms with Crippen LogP contribution < -0.4 is 4.74 Å². The fourth-order valence-corrected chi connectivity index (χ4v) is 4.39. The first-order chi connectivity index (χ1) is 16.2. The number of hydrogen-bond donors (Lipinski definition) is 2. The standard InChI is InChI=1S/C26H26N6O/c1-31-11-13-32(14-12-31)17-18-7-9-23-24(15-18)28-26(27-23)25-21-16-20(8-10-22(21)29-30-25)33-19-5-3-2-4-6-19/h2-10,15-16H,11-14,17H2,1H3,(H,27,28)(H,29,30). The van der Waals surface area contributed by atoms with Gasteiger partial charge in [0.15, 0.2) is 5.82 Å². The largest absolute Gasteiger partial charge is 0.457 e. The molecule has 0 bridgehead atoms. The predicted octanol–water partition coefficient (Wildman–Crippen LogP) is 4.65. The van der Waals surface area contributed by atoms with E-state index in [1.807, 2.05) is 48.5 Å². The molecule has 2 N–H and O–H groups in total. The molecule has 1 aliphatic rings. The van der Waals surface area contributed by atoms with E-state index in [1.165, 1.54) is 5.56 Å². The lowest BCUT2D eigenvalue weighted by molar-refractivity contribution is 0.148. The van der Waals surface area contributed by atoms with Gasteiger partial charge in [0.05, 0.1) is 16.6 Å². The van der Waals surface area contributed by atoms with Gasteiger partial charge in [-0.2, -0.15) is 5.10 Å². The van der Waals surface area contributed by atoms with E-state index in [2.05, 4.69) is 50.2 Å². The maximum atomic E-state index is 6.02. The molecule has 0 amide bonds. The van der Waals surface area contributed by atoms with E-state index >= 15 is 0 Å². The zero-order chi connectivity index (χ0) is 22.2. The minimum atomic E-state index is 0.754. The third kappa shape index (κ3) is 4.08. The number of piperazine rings is 1. The summed E-state index contributed by atoms with van der Waals surface area (Å²) in [6.45, 7) is 5.41. The van der Waals surface area contributed by atoms with Gasteiger partial charge in [-0.05, 0) is 55.1 Å². The molecule has 0 saturated carbocycles. The van der Waals surface area contributed by atoms with E-state index in [0.29, 0.717) is 0 Å². The number of aromatic nitrogens is 4. The van der Waals surface area contributed by atoms with Crippen molar-refractivity contribution in [2.75, 3.05) is 33.2 Å². The smallest absolute Gasteiger partial charge is 0.159 e. The van der Waals surface area contributed by atoms with Crippen LogP contribution in [0.1, 0.15) is 5.56 Å². The number of para-hydroxylation sites is 1. The van der Waals surface area contributed by atoms with E-state index < -0.39 is 0 Å². The second kappa shape index (κ2) is 8.35. The zero-order valence-corrected chi connectivity index (χ0v) is 18.6. The fourth-order valence-electron chi connectivity index (χ4n) is 4.39. The molecule has 7 nitrogen and oxygen atoms in total. The zero-order valence-electron chi connectivity index (χ0n) is 18.6. The highest BCUT2D eigenvalue weighted by Gasteiger charge is 2.16. The van der Waals surface area contributed by atoms with Crippen LogP contribution in [0.15, 0.2) is 66.7 Å². The average molecular weight is 439 g/mol. The van der Waals surface area contributed by atoms with Gasteiger partial charge in [-0.15, -0.1) is 0 Å². The van der Waals surface area contributed by atoms with E-state index in [4.69, 9.17) is 9.72 Å². The third-order valence-corrected chi connectivity index (χ3v) is 6.29. The van der Waals surface area contributed by atoms with Crippen LogP contribution in [0.4, 0.5) is 0 Å². The van der Waals surface area contributed by atoms with Crippen LogP contribution in [0, 0.1) is 0 Å². The van der Waals surface area contributed by atoms with Gasteiger partial charge in [0.25, 0.3) is 0 Å². The monoisotopic (exact) mass is 438 g/mol. The van der Waals surface area contributed by atoms with Crippen molar-refractivity contribution >= 4 is 21.9 Å². The van der Waals surface area contributed by atoms with Gasteiger partial charge in [-0.25, -0.2) is 4.98 Å². The molecule has 1 fully saturated rings. The van der Waals surface area contributed by atoms with Crippen molar-refractivity contribution < 1.29 is 4.74 Å². The molecule has 6 rings (SSSR count). The van der Waals surface area contributed by atoms with Gasteiger partial charge >= 0.3 is 0 Å². The number of likely N-dealkylation sites (N-methyl/N-ethyl adjacent to an activating group) is 1. The minimum Gasteiger partial charge on any atom is -0.457 e. The maximum absolute atomic E-state index is 6.02. The summed E-state index contributed by atoms with van der Waals surface area (Å²) in [5.41, 5.74) is 5.00. The summed E-state index contributed by atoms with van der Waals surface area (Å²) in [4.78, 5) is 13.2. The van der Waals surface area contributed by atoms with Gasteiger partial charge in [0.2, 0.25) is 0 Å². The molecule has 7 heteroatoms. The van der Waals surface area contributed by atoms with Gasteiger partial charge in [-0.1, -0.05) is 24.3 Å². The second-order valence-electron chi connectivity index (χ2n) is 8.71. The number of ether oxygens (including phenoxy) is 1. The highest BCUT2D eigenvalue weighted by molar-refractivity contribution is 5.94. The van der Waals surface area contributed by atoms with E-state index in [9.17, 15) is 0 Å². The SMILES string of the molecule is CN1CCN(Cc2ccc3[nH]c(-c4n[nH]c5ccc(Oc6ccccc6)cc45)nc3c2)CC1. The van der Waals surface area contributed by atoms with Crippen molar-refractivity contribution in [2.24, 2.45) is 0 Å². The van der Waals surface area contributed by atoms with Crippen LogP contribution in [-0.2, 0) is 6.54 Å². The molecule has 3 aromatic carbocycles. The fraction of sp³-hybridized carbons (Fsp3) is 0.231. The van der Waals surface area contributed by atoms with Crippen LogP contribution in [0.25, 0.3) is 33.5 Å². The molecule has 5 aromatic rings. The second-order valence-corrected chi connectivity index (χ2v) is 8.71. The first-order valence-electron chi connectivity index (χ1n) is 11.3. The summed E-state index contributed by atoms with van der Waals surface area (Å²) >= 11 is 0. The summed E-state index contributed by atoms with van der Waals surface area (Å²) in [7, 11) is 2.18. The Hall–Kier alpha value is -3.68. The lowest BCUT2D eigenvalue weighted by atomic mass is 10.1. The van der Waals surface area contributed by atoms with Crippen LogP contribution in [-0.4, -0.2) is 63.2 Å². The molecule has 0 aliphatic carbocycles. The lowest BCUT2D eigenvalue weighted by Gasteiger charge is -2.32. The molecule has 2 aromatic heterocycles. The summed E-state index contributed by atoms with van der Waals surface area (Å²) in [5, 5.41) is 8.63. The highest BCUT2D eigenvalue weighted by atomic mass is 16.5. The van der Waals surface area contributed by atoms with Gasteiger partial charge in [0.1, 0.15) is 17.2 Å². The van der Waals surface area contributed by atoms with Crippen LogP contribution >= 0.6 is 0 Å². The van der Waals surface area contributed by atoms with Crippen molar-refractivity contribution in [3.8, 4) is 23.0 Å². The quantitative estimate of drug-likeness (QED) is 0.418. The van der Waals surface area contributed by atoms with Crippen molar-refractivity contribution in [3.05, 3.63) is 72.3 Å². The first-order valence-corrected chi connectivity index (χ1v) is 11.3. The number of benzene rings is 3. The van der Waals surface area contributed by atoms with Gasteiger partial charge in [0, 0.05) is 38.1 Å². The van der Waals surface area contributed by atoms with Crippen molar-refractivity contribution in [3.63, 3.8) is 0 Å². The minimum absolute atomic E-state index is 0.754. The molecule has 3 heterocycles. The molecule has 166 valence electrons. The molecular weight excluding hydrogens is 412 g/mol. The Morgan fingerprint density at radius 1 is 0.879 bits per heavy atom. The number of H-pyrrole nitrogens is 2. The Bertz CT molecular complexity index is 1400. The number of fused-ring (bicyclic) bond motifs is 2. The number of hydrogen-bond acceptors (Lipinski definition) is 5. The summed E-state index contributed by atoms with van der Waals surface area (Å²) < 4.78 is 6.02. The molecule has 0 atom stereocenters. The van der Waals surface area contributed by atoms with Crippen molar-refractivity contribution in [1.29, 1.82) is 0 Å². The molecule has 0 radical (unpaired) electrons. The Labute approximate surface area is 192 Å². The molecule has 0 unspecified atom stereocenters. The van der Waals surface area contributed by atoms with E-state index in [-0.39, 0.29) is 0 Å². The summed E-state index contributed by atoms with van der Waals surface area (Å²) in [6, 6.07) is 22.2.